The molecule has 1 unspecified atom stereocenters. The summed E-state index contributed by atoms with van der Waals surface area (Å²) >= 11 is 0. The van der Waals surface area contributed by atoms with Crippen molar-refractivity contribution in [2.75, 3.05) is 29.9 Å². The van der Waals surface area contributed by atoms with Crippen molar-refractivity contribution in [2.24, 2.45) is 5.73 Å². The lowest BCUT2D eigenvalue weighted by atomic mass is 10.2. The van der Waals surface area contributed by atoms with Crippen molar-refractivity contribution >= 4 is 27.3 Å². The standard InChI is InChI=1S/C18H30N4O3S/c1-14(2)26(24,25)20-11-4-3-5-18(23)21-16-6-8-17(9-7-16)22-12-10-15(19)13-22/h6-9,14-15,20H,3-5,10-13,19H2,1-2H3,(H,21,23). The molecule has 1 aliphatic rings. The van der Waals surface area contributed by atoms with Crippen LogP contribution in [0.15, 0.2) is 24.3 Å². The number of anilines is 2. The first-order valence-corrected chi connectivity index (χ1v) is 10.7. The first kappa shape index (κ1) is 20.7. The second-order valence-corrected chi connectivity index (χ2v) is 9.36. The number of nitrogens with one attached hydrogen (secondary N) is 2. The summed E-state index contributed by atoms with van der Waals surface area (Å²) in [5.41, 5.74) is 7.81. The average molecular weight is 383 g/mol. The molecule has 1 heterocycles. The van der Waals surface area contributed by atoms with E-state index >= 15 is 0 Å². The normalized spacial score (nSPS) is 17.7. The molecule has 1 amide bonds. The minimum atomic E-state index is -3.22. The number of amides is 1. The van der Waals surface area contributed by atoms with Gasteiger partial charge in [-0.05, 0) is 57.4 Å². The highest BCUT2D eigenvalue weighted by atomic mass is 32.2. The number of carbonyl (C=O) groups excluding carboxylic acids is 1. The number of hydrogen-bond donors (Lipinski definition) is 3. The number of sulfonamides is 1. The average Bonchev–Trinajstić information content (AvgIpc) is 3.01. The van der Waals surface area contributed by atoms with E-state index in [0.29, 0.717) is 25.8 Å². The smallest absolute Gasteiger partial charge is 0.224 e. The van der Waals surface area contributed by atoms with Gasteiger partial charge in [0.1, 0.15) is 0 Å². The SMILES string of the molecule is CC(C)S(=O)(=O)NCCCCC(=O)Nc1ccc(N2CCC(N)C2)cc1. The van der Waals surface area contributed by atoms with Crippen molar-refractivity contribution in [1.29, 1.82) is 0 Å². The van der Waals surface area contributed by atoms with E-state index in [1.165, 1.54) is 0 Å². The van der Waals surface area contributed by atoms with Crippen LogP contribution in [0.3, 0.4) is 0 Å². The highest BCUT2D eigenvalue weighted by molar-refractivity contribution is 7.90. The molecule has 1 aromatic rings. The van der Waals surface area contributed by atoms with E-state index in [1.807, 2.05) is 24.3 Å². The summed E-state index contributed by atoms with van der Waals surface area (Å²) in [7, 11) is -3.22. The lowest BCUT2D eigenvalue weighted by molar-refractivity contribution is -0.116. The molecule has 1 fully saturated rings. The Morgan fingerprint density at radius 2 is 1.96 bits per heavy atom. The molecule has 146 valence electrons. The number of rotatable bonds is 9. The Kier molecular flexibility index (Phi) is 7.43. The van der Waals surface area contributed by atoms with Crippen LogP contribution in [0.25, 0.3) is 0 Å². The van der Waals surface area contributed by atoms with Gasteiger partial charge in [0.25, 0.3) is 0 Å². The lowest BCUT2D eigenvalue weighted by Gasteiger charge is -2.18. The Morgan fingerprint density at radius 1 is 1.27 bits per heavy atom. The Morgan fingerprint density at radius 3 is 2.54 bits per heavy atom. The second kappa shape index (κ2) is 9.34. The predicted molar refractivity (Wildman–Crippen MR) is 106 cm³/mol. The summed E-state index contributed by atoms with van der Waals surface area (Å²) in [6.45, 7) is 5.47. The Balaban J connectivity index is 1.68. The summed E-state index contributed by atoms with van der Waals surface area (Å²) in [5.74, 6) is -0.0624. The van der Waals surface area contributed by atoms with E-state index < -0.39 is 15.3 Å². The monoisotopic (exact) mass is 382 g/mol. The molecule has 1 aliphatic heterocycles. The molecule has 0 aromatic heterocycles. The molecule has 2 rings (SSSR count). The number of nitrogens with two attached hydrogens (primary N) is 1. The second-order valence-electron chi connectivity index (χ2n) is 7.04. The van der Waals surface area contributed by atoms with Crippen LogP contribution < -0.4 is 20.7 Å². The fourth-order valence-electron chi connectivity index (χ4n) is 2.79. The zero-order valence-corrected chi connectivity index (χ0v) is 16.4. The summed E-state index contributed by atoms with van der Waals surface area (Å²) in [6, 6.07) is 8.02. The van der Waals surface area contributed by atoms with Crippen molar-refractivity contribution in [3.05, 3.63) is 24.3 Å². The number of hydrogen-bond acceptors (Lipinski definition) is 5. The fourth-order valence-corrected chi connectivity index (χ4v) is 3.55. The molecule has 1 saturated heterocycles. The van der Waals surface area contributed by atoms with Gasteiger partial charge >= 0.3 is 0 Å². The van der Waals surface area contributed by atoms with Gasteiger partial charge in [-0.2, -0.15) is 0 Å². The lowest BCUT2D eigenvalue weighted by Crippen LogP contribution is -2.31. The molecule has 0 bridgehead atoms. The molecular weight excluding hydrogens is 352 g/mol. The van der Waals surface area contributed by atoms with Gasteiger partial charge in [-0.15, -0.1) is 0 Å². The van der Waals surface area contributed by atoms with Crippen molar-refractivity contribution in [3.63, 3.8) is 0 Å². The third kappa shape index (κ3) is 6.26. The van der Waals surface area contributed by atoms with Crippen LogP contribution in [0.5, 0.6) is 0 Å². The van der Waals surface area contributed by atoms with Gasteiger partial charge < -0.3 is 16.0 Å². The quantitative estimate of drug-likeness (QED) is 0.564. The number of carbonyl (C=O) groups is 1. The van der Waals surface area contributed by atoms with Gasteiger partial charge in [-0.3, -0.25) is 4.79 Å². The van der Waals surface area contributed by atoms with Gasteiger partial charge in [0, 0.05) is 43.5 Å². The first-order valence-electron chi connectivity index (χ1n) is 9.17. The highest BCUT2D eigenvalue weighted by Crippen LogP contribution is 2.21. The van der Waals surface area contributed by atoms with Crippen molar-refractivity contribution in [1.82, 2.24) is 4.72 Å². The third-order valence-corrected chi connectivity index (χ3v) is 6.34. The van der Waals surface area contributed by atoms with Crippen LogP contribution in [-0.2, 0) is 14.8 Å². The third-order valence-electron chi connectivity index (χ3n) is 4.50. The summed E-state index contributed by atoms with van der Waals surface area (Å²) in [6.07, 6.45) is 2.64. The van der Waals surface area contributed by atoms with E-state index in [4.69, 9.17) is 5.73 Å². The van der Waals surface area contributed by atoms with Crippen molar-refractivity contribution in [2.45, 2.75) is 50.8 Å². The Labute approximate surface area is 156 Å². The van der Waals surface area contributed by atoms with Gasteiger partial charge in [-0.1, -0.05) is 0 Å². The summed E-state index contributed by atoms with van der Waals surface area (Å²) in [5, 5.41) is 2.43. The maximum atomic E-state index is 12.0. The molecule has 0 aliphatic carbocycles. The maximum absolute atomic E-state index is 12.0. The van der Waals surface area contributed by atoms with E-state index in [1.54, 1.807) is 13.8 Å². The van der Waals surface area contributed by atoms with Crippen molar-refractivity contribution in [3.8, 4) is 0 Å². The topological polar surface area (TPSA) is 105 Å². The molecule has 0 radical (unpaired) electrons. The molecule has 7 nitrogen and oxygen atoms in total. The minimum absolute atomic E-state index is 0.0624. The molecule has 8 heteroatoms. The largest absolute Gasteiger partial charge is 0.370 e. The first-order chi connectivity index (χ1) is 12.3. The van der Waals surface area contributed by atoms with Crippen LogP contribution >= 0.6 is 0 Å². The van der Waals surface area contributed by atoms with Gasteiger partial charge in [0.15, 0.2) is 0 Å². The predicted octanol–water partition coefficient (Wildman–Crippen LogP) is 1.66. The molecule has 4 N–H and O–H groups in total. The van der Waals surface area contributed by atoms with E-state index in [9.17, 15) is 13.2 Å². The Bertz CT molecular complexity index is 689. The molecule has 1 aromatic carbocycles. The zero-order chi connectivity index (χ0) is 19.2. The number of unbranched alkanes of at least 4 members (excludes halogenated alkanes) is 1. The van der Waals surface area contributed by atoms with Gasteiger partial charge in [0.05, 0.1) is 5.25 Å². The molecule has 26 heavy (non-hydrogen) atoms. The molecular formula is C18H30N4O3S. The summed E-state index contributed by atoms with van der Waals surface area (Å²) in [4.78, 5) is 14.2. The number of nitrogens with zero attached hydrogens (tertiary/aromatic N) is 1. The van der Waals surface area contributed by atoms with E-state index in [-0.39, 0.29) is 11.9 Å². The minimum Gasteiger partial charge on any atom is -0.370 e. The highest BCUT2D eigenvalue weighted by Gasteiger charge is 2.19. The molecule has 0 saturated carbocycles. The number of benzene rings is 1. The van der Waals surface area contributed by atoms with Crippen LogP contribution in [0.2, 0.25) is 0 Å². The van der Waals surface area contributed by atoms with Crippen LogP contribution in [0.4, 0.5) is 11.4 Å². The van der Waals surface area contributed by atoms with Crippen molar-refractivity contribution < 1.29 is 13.2 Å². The van der Waals surface area contributed by atoms with Gasteiger partial charge in [0.2, 0.25) is 15.9 Å². The molecule has 0 spiro atoms. The van der Waals surface area contributed by atoms with Crippen LogP contribution in [-0.4, -0.2) is 45.3 Å². The van der Waals surface area contributed by atoms with Gasteiger partial charge in [-0.25, -0.2) is 13.1 Å². The molecule has 1 atom stereocenters. The Hall–Kier alpha value is -1.64. The fraction of sp³-hybridized carbons (Fsp3) is 0.611. The van der Waals surface area contributed by atoms with E-state index in [2.05, 4.69) is 14.9 Å². The zero-order valence-electron chi connectivity index (χ0n) is 15.6. The summed E-state index contributed by atoms with van der Waals surface area (Å²) < 4.78 is 25.8. The van der Waals surface area contributed by atoms with E-state index in [0.717, 1.165) is 30.9 Å². The van der Waals surface area contributed by atoms with Crippen LogP contribution in [0.1, 0.15) is 39.5 Å². The maximum Gasteiger partial charge on any atom is 0.224 e. The van der Waals surface area contributed by atoms with Crippen LogP contribution in [0, 0.1) is 0 Å².